The standard InChI is InChI=1S/C19H27N3O5/c1-4-26-19(25)22-11-9-21(10-12-22)18(24)13-17(23)20-15-5-7-16(8-6-15)27-14(2)3/h5-8,14H,4,9-13H2,1-3H3,(H,20,23). The number of nitrogens with zero attached hydrogens (tertiary/aromatic N) is 2. The van der Waals surface area contributed by atoms with Crippen molar-refractivity contribution in [3.05, 3.63) is 24.3 Å². The number of anilines is 1. The molecule has 1 N–H and O–H groups in total. The number of amides is 3. The first-order valence-corrected chi connectivity index (χ1v) is 9.15. The van der Waals surface area contributed by atoms with Crippen LogP contribution in [-0.4, -0.2) is 66.6 Å². The predicted molar refractivity (Wildman–Crippen MR) is 101 cm³/mol. The van der Waals surface area contributed by atoms with E-state index in [4.69, 9.17) is 9.47 Å². The Bertz CT molecular complexity index is 652. The number of ether oxygens (including phenoxy) is 2. The van der Waals surface area contributed by atoms with Gasteiger partial charge in [-0.15, -0.1) is 0 Å². The molecule has 0 radical (unpaired) electrons. The second-order valence-electron chi connectivity index (χ2n) is 6.48. The molecule has 1 aliphatic rings. The Morgan fingerprint density at radius 2 is 1.63 bits per heavy atom. The first-order valence-electron chi connectivity index (χ1n) is 9.15. The topological polar surface area (TPSA) is 88.2 Å². The van der Waals surface area contributed by atoms with Crippen molar-refractivity contribution in [2.75, 3.05) is 38.1 Å². The third-order valence-corrected chi connectivity index (χ3v) is 3.98. The van der Waals surface area contributed by atoms with Crippen LogP contribution in [0.5, 0.6) is 5.75 Å². The van der Waals surface area contributed by atoms with E-state index in [2.05, 4.69) is 5.32 Å². The lowest BCUT2D eigenvalue weighted by atomic mass is 10.2. The molecule has 1 saturated heterocycles. The number of piperazine rings is 1. The van der Waals surface area contributed by atoms with E-state index in [0.29, 0.717) is 38.5 Å². The molecule has 1 aromatic rings. The smallest absolute Gasteiger partial charge is 0.409 e. The molecule has 148 valence electrons. The second kappa shape index (κ2) is 9.80. The number of nitrogens with one attached hydrogen (secondary N) is 1. The van der Waals surface area contributed by atoms with E-state index in [0.717, 1.165) is 5.75 Å². The van der Waals surface area contributed by atoms with E-state index >= 15 is 0 Å². The molecule has 0 unspecified atom stereocenters. The highest BCUT2D eigenvalue weighted by Gasteiger charge is 2.25. The van der Waals surface area contributed by atoms with Crippen LogP contribution in [-0.2, 0) is 14.3 Å². The summed E-state index contributed by atoms with van der Waals surface area (Å²) in [7, 11) is 0. The van der Waals surface area contributed by atoms with E-state index in [-0.39, 0.29) is 30.4 Å². The summed E-state index contributed by atoms with van der Waals surface area (Å²) in [4.78, 5) is 39.2. The number of hydrogen-bond acceptors (Lipinski definition) is 5. The maximum absolute atomic E-state index is 12.3. The van der Waals surface area contributed by atoms with Gasteiger partial charge in [0, 0.05) is 31.9 Å². The van der Waals surface area contributed by atoms with Gasteiger partial charge in [-0.3, -0.25) is 9.59 Å². The van der Waals surface area contributed by atoms with Gasteiger partial charge in [0.05, 0.1) is 12.7 Å². The lowest BCUT2D eigenvalue weighted by Gasteiger charge is -2.34. The Hall–Kier alpha value is -2.77. The lowest BCUT2D eigenvalue weighted by Crippen LogP contribution is -2.51. The molecule has 0 bridgehead atoms. The largest absolute Gasteiger partial charge is 0.491 e. The highest BCUT2D eigenvalue weighted by molar-refractivity contribution is 6.03. The number of carbonyl (C=O) groups is 3. The fourth-order valence-corrected chi connectivity index (χ4v) is 2.70. The Morgan fingerprint density at radius 3 is 2.19 bits per heavy atom. The Balaban J connectivity index is 1.77. The molecule has 3 amide bonds. The highest BCUT2D eigenvalue weighted by atomic mass is 16.6. The summed E-state index contributed by atoms with van der Waals surface area (Å²) < 4.78 is 10.5. The van der Waals surface area contributed by atoms with Crippen LogP contribution < -0.4 is 10.1 Å². The van der Waals surface area contributed by atoms with E-state index in [9.17, 15) is 14.4 Å². The molecule has 1 fully saturated rings. The van der Waals surface area contributed by atoms with Crippen molar-refractivity contribution in [1.82, 2.24) is 9.80 Å². The molecule has 0 atom stereocenters. The molecular weight excluding hydrogens is 350 g/mol. The maximum atomic E-state index is 12.3. The SMILES string of the molecule is CCOC(=O)N1CCN(C(=O)CC(=O)Nc2ccc(OC(C)C)cc2)CC1. The minimum atomic E-state index is -0.370. The van der Waals surface area contributed by atoms with Crippen molar-refractivity contribution in [3.8, 4) is 5.75 Å². The van der Waals surface area contributed by atoms with Crippen molar-refractivity contribution in [2.24, 2.45) is 0 Å². The summed E-state index contributed by atoms with van der Waals surface area (Å²) in [5.74, 6) is 0.0969. The average Bonchev–Trinajstić information content (AvgIpc) is 2.63. The van der Waals surface area contributed by atoms with Crippen LogP contribution in [0, 0.1) is 0 Å². The summed E-state index contributed by atoms with van der Waals surface area (Å²) >= 11 is 0. The predicted octanol–water partition coefficient (Wildman–Crippen LogP) is 2.10. The van der Waals surface area contributed by atoms with Gasteiger partial charge in [0.25, 0.3) is 0 Å². The van der Waals surface area contributed by atoms with Gasteiger partial charge in [0.15, 0.2) is 0 Å². The molecule has 1 aliphatic heterocycles. The van der Waals surface area contributed by atoms with Crippen molar-refractivity contribution >= 4 is 23.6 Å². The second-order valence-corrected chi connectivity index (χ2v) is 6.48. The summed E-state index contributed by atoms with van der Waals surface area (Å²) in [6.07, 6.45) is -0.525. The first kappa shape index (κ1) is 20.5. The highest BCUT2D eigenvalue weighted by Crippen LogP contribution is 2.17. The summed E-state index contributed by atoms with van der Waals surface area (Å²) in [5, 5.41) is 2.71. The van der Waals surface area contributed by atoms with Crippen molar-refractivity contribution in [2.45, 2.75) is 33.3 Å². The van der Waals surface area contributed by atoms with E-state index in [1.807, 2.05) is 13.8 Å². The zero-order valence-corrected chi connectivity index (χ0v) is 16.1. The van der Waals surface area contributed by atoms with Crippen LogP contribution in [0.4, 0.5) is 10.5 Å². The minimum Gasteiger partial charge on any atom is -0.491 e. The Kier molecular flexibility index (Phi) is 7.45. The molecular formula is C19H27N3O5. The maximum Gasteiger partial charge on any atom is 0.409 e. The van der Waals surface area contributed by atoms with Crippen LogP contribution in [0.2, 0.25) is 0 Å². The quantitative estimate of drug-likeness (QED) is 0.767. The zero-order chi connectivity index (χ0) is 19.8. The molecule has 0 aromatic heterocycles. The van der Waals surface area contributed by atoms with Crippen molar-refractivity contribution in [3.63, 3.8) is 0 Å². The molecule has 8 heteroatoms. The minimum absolute atomic E-state index is 0.0763. The van der Waals surface area contributed by atoms with Gasteiger partial charge in [-0.05, 0) is 45.0 Å². The third kappa shape index (κ3) is 6.47. The summed E-state index contributed by atoms with van der Waals surface area (Å²) in [6.45, 7) is 7.55. The molecule has 0 spiro atoms. The zero-order valence-electron chi connectivity index (χ0n) is 16.1. The monoisotopic (exact) mass is 377 g/mol. The van der Waals surface area contributed by atoms with Crippen LogP contribution in [0.1, 0.15) is 27.2 Å². The Morgan fingerprint density at radius 1 is 1.04 bits per heavy atom. The molecule has 2 rings (SSSR count). The molecule has 0 saturated carbocycles. The van der Waals surface area contributed by atoms with E-state index in [1.54, 1.807) is 41.0 Å². The van der Waals surface area contributed by atoms with E-state index < -0.39 is 0 Å². The molecule has 27 heavy (non-hydrogen) atoms. The number of benzene rings is 1. The third-order valence-electron chi connectivity index (χ3n) is 3.98. The van der Waals surface area contributed by atoms with E-state index in [1.165, 1.54) is 0 Å². The molecule has 1 aromatic carbocycles. The van der Waals surface area contributed by atoms with Gasteiger partial charge in [-0.2, -0.15) is 0 Å². The fourth-order valence-electron chi connectivity index (χ4n) is 2.70. The summed E-state index contributed by atoms with van der Waals surface area (Å²) in [6, 6.07) is 7.01. The van der Waals surface area contributed by atoms with Gasteiger partial charge < -0.3 is 24.6 Å². The van der Waals surface area contributed by atoms with Gasteiger partial charge in [0.1, 0.15) is 12.2 Å². The number of hydrogen-bond donors (Lipinski definition) is 1. The van der Waals surface area contributed by atoms with Crippen LogP contribution in [0.15, 0.2) is 24.3 Å². The van der Waals surface area contributed by atoms with Crippen LogP contribution >= 0.6 is 0 Å². The normalized spacial score (nSPS) is 14.1. The van der Waals surface area contributed by atoms with Gasteiger partial charge in [0.2, 0.25) is 11.8 Å². The van der Waals surface area contributed by atoms with Crippen molar-refractivity contribution in [1.29, 1.82) is 0 Å². The first-order chi connectivity index (χ1) is 12.9. The number of carbonyl (C=O) groups excluding carboxylic acids is 3. The lowest BCUT2D eigenvalue weighted by molar-refractivity contribution is -0.135. The van der Waals surface area contributed by atoms with Crippen molar-refractivity contribution < 1.29 is 23.9 Å². The van der Waals surface area contributed by atoms with Gasteiger partial charge in [-0.25, -0.2) is 4.79 Å². The molecule has 1 heterocycles. The van der Waals surface area contributed by atoms with Gasteiger partial charge >= 0.3 is 6.09 Å². The summed E-state index contributed by atoms with van der Waals surface area (Å²) in [5.41, 5.74) is 0.607. The number of rotatable bonds is 6. The average molecular weight is 377 g/mol. The van der Waals surface area contributed by atoms with Gasteiger partial charge in [-0.1, -0.05) is 0 Å². The van der Waals surface area contributed by atoms with Crippen LogP contribution in [0.3, 0.4) is 0 Å². The Labute approximate surface area is 159 Å². The van der Waals surface area contributed by atoms with Crippen LogP contribution in [0.25, 0.3) is 0 Å². The fraction of sp³-hybridized carbons (Fsp3) is 0.526. The molecule has 8 nitrogen and oxygen atoms in total. The molecule has 0 aliphatic carbocycles.